The summed E-state index contributed by atoms with van der Waals surface area (Å²) in [7, 11) is 0. The molecule has 0 saturated carbocycles. The number of nitrogen functional groups attached to an aromatic ring is 2. The van der Waals surface area contributed by atoms with Crippen molar-refractivity contribution in [1.82, 2.24) is 0 Å². The van der Waals surface area contributed by atoms with Gasteiger partial charge >= 0.3 is 0 Å². The van der Waals surface area contributed by atoms with Crippen LogP contribution in [0.3, 0.4) is 0 Å². The topological polar surface area (TPSA) is 70.5 Å². The lowest BCUT2D eigenvalue weighted by molar-refractivity contribution is 0.00385. The normalized spacial score (nSPS) is 23.5. The van der Waals surface area contributed by atoms with Gasteiger partial charge in [-0.2, -0.15) is 0 Å². The number of nitrogens with two attached hydrogens (primary N) is 2. The summed E-state index contributed by atoms with van der Waals surface area (Å²) in [6.07, 6.45) is 14.3. The third kappa shape index (κ3) is 6.89. The van der Waals surface area contributed by atoms with Gasteiger partial charge in [0.05, 0.1) is 0 Å². The van der Waals surface area contributed by atoms with E-state index in [2.05, 4.69) is 86.6 Å². The smallest absolute Gasteiger partial charge is 0.136 e. The lowest BCUT2D eigenvalue weighted by atomic mass is 9.63. The van der Waals surface area contributed by atoms with Gasteiger partial charge in [0.15, 0.2) is 0 Å². The number of hydrogen-bond donors (Lipinski definition) is 2. The van der Waals surface area contributed by atoms with Crippen LogP contribution >= 0.6 is 0 Å². The average molecular weight is 583 g/mol. The summed E-state index contributed by atoms with van der Waals surface area (Å²) in [4.78, 5) is 0. The third-order valence-electron chi connectivity index (χ3n) is 9.71. The quantitative estimate of drug-likeness (QED) is 0.289. The SMILES string of the molecule is CCCCC(C1=C(C)C=CC(Oc2ccc(N)cc2)(C(C)(C)C)C1)C1=C(C)C=CC(Oc2ccc(N)cc2)(C(C)(C)C)C1. The van der Waals surface area contributed by atoms with Crippen LogP contribution in [0.15, 0.2) is 95.1 Å². The molecule has 0 amide bonds. The van der Waals surface area contributed by atoms with Crippen LogP contribution in [0.5, 0.6) is 11.5 Å². The second-order valence-corrected chi connectivity index (χ2v) is 14.8. The molecule has 2 unspecified atom stereocenters. The number of benzene rings is 2. The van der Waals surface area contributed by atoms with Crippen molar-refractivity contribution in [2.45, 2.75) is 106 Å². The predicted octanol–water partition coefficient (Wildman–Crippen LogP) is 10.2. The highest BCUT2D eigenvalue weighted by atomic mass is 16.5. The molecule has 0 spiro atoms. The monoisotopic (exact) mass is 582 g/mol. The Morgan fingerprint density at radius 2 is 1.05 bits per heavy atom. The van der Waals surface area contributed by atoms with E-state index < -0.39 is 11.2 Å². The van der Waals surface area contributed by atoms with Gasteiger partial charge in [0.25, 0.3) is 0 Å². The number of hydrogen-bond acceptors (Lipinski definition) is 4. The Morgan fingerprint density at radius 1 is 0.674 bits per heavy atom. The number of ether oxygens (including phenoxy) is 2. The minimum Gasteiger partial charge on any atom is -0.482 e. The zero-order chi connectivity index (χ0) is 31.6. The van der Waals surface area contributed by atoms with Crippen LogP contribution in [0.1, 0.15) is 94.4 Å². The van der Waals surface area contributed by atoms with Gasteiger partial charge in [-0.25, -0.2) is 0 Å². The Morgan fingerprint density at radius 3 is 1.37 bits per heavy atom. The van der Waals surface area contributed by atoms with Gasteiger partial charge < -0.3 is 20.9 Å². The highest BCUT2D eigenvalue weighted by molar-refractivity contribution is 5.47. The van der Waals surface area contributed by atoms with Crippen LogP contribution in [0, 0.1) is 16.7 Å². The molecule has 0 saturated heterocycles. The van der Waals surface area contributed by atoms with Crippen molar-refractivity contribution < 1.29 is 9.47 Å². The van der Waals surface area contributed by atoms with Crippen molar-refractivity contribution in [2.24, 2.45) is 16.7 Å². The average Bonchev–Trinajstić information content (AvgIpc) is 2.93. The van der Waals surface area contributed by atoms with E-state index in [1.165, 1.54) is 22.3 Å². The molecule has 0 fully saturated rings. The van der Waals surface area contributed by atoms with Gasteiger partial charge in [0.1, 0.15) is 22.7 Å². The van der Waals surface area contributed by atoms with E-state index >= 15 is 0 Å². The van der Waals surface area contributed by atoms with Gasteiger partial charge in [-0.15, -0.1) is 0 Å². The molecule has 2 aliphatic rings. The molecular weight excluding hydrogens is 528 g/mol. The molecule has 2 aromatic carbocycles. The predicted molar refractivity (Wildman–Crippen MR) is 183 cm³/mol. The molecule has 4 rings (SSSR count). The second kappa shape index (κ2) is 12.3. The molecule has 2 aliphatic carbocycles. The van der Waals surface area contributed by atoms with Crippen LogP contribution < -0.4 is 20.9 Å². The van der Waals surface area contributed by atoms with Crippen LogP contribution in [0.25, 0.3) is 0 Å². The summed E-state index contributed by atoms with van der Waals surface area (Å²) in [6.45, 7) is 20.5. The molecule has 0 bridgehead atoms. The van der Waals surface area contributed by atoms with Crippen molar-refractivity contribution >= 4 is 11.4 Å². The zero-order valence-electron chi connectivity index (χ0n) is 28.0. The third-order valence-corrected chi connectivity index (χ3v) is 9.71. The van der Waals surface area contributed by atoms with E-state index in [0.717, 1.165) is 55.0 Å². The number of allylic oxidation sites excluding steroid dienone is 4. The number of rotatable bonds is 9. The van der Waals surface area contributed by atoms with Gasteiger partial charge in [0.2, 0.25) is 0 Å². The molecule has 2 atom stereocenters. The summed E-state index contributed by atoms with van der Waals surface area (Å²) < 4.78 is 13.9. The van der Waals surface area contributed by atoms with Crippen LogP contribution in [-0.4, -0.2) is 11.2 Å². The molecule has 43 heavy (non-hydrogen) atoms. The van der Waals surface area contributed by atoms with E-state index in [1.54, 1.807) is 0 Å². The first-order valence-corrected chi connectivity index (χ1v) is 16.0. The molecule has 4 heteroatoms. The van der Waals surface area contributed by atoms with Crippen LogP contribution in [0.2, 0.25) is 0 Å². The Balaban J connectivity index is 1.77. The summed E-state index contributed by atoms with van der Waals surface area (Å²) in [5, 5.41) is 0. The molecule has 2 aromatic rings. The highest BCUT2D eigenvalue weighted by Crippen LogP contribution is 2.51. The number of anilines is 2. The van der Waals surface area contributed by atoms with E-state index in [9.17, 15) is 0 Å². The minimum atomic E-state index is -0.497. The van der Waals surface area contributed by atoms with Crippen molar-refractivity contribution in [3.05, 3.63) is 95.1 Å². The first kappa shape index (κ1) is 32.5. The van der Waals surface area contributed by atoms with Gasteiger partial charge in [-0.05, 0) is 81.0 Å². The standard InChI is InChI=1S/C39H54N2O2/c1-10-11-12-33(34-25-38(36(4,5)6,23-21-27(34)2)42-31-17-13-29(40)14-18-31)35-26-39(37(7,8)9,24-22-28(35)3)43-32-19-15-30(41)16-20-32/h13-24,33H,10-12,25-26,40-41H2,1-9H3. The molecule has 0 aromatic heterocycles. The van der Waals surface area contributed by atoms with Crippen molar-refractivity contribution in [2.75, 3.05) is 11.5 Å². The van der Waals surface area contributed by atoms with Gasteiger partial charge in [-0.3, -0.25) is 0 Å². The molecule has 0 heterocycles. The van der Waals surface area contributed by atoms with E-state index in [-0.39, 0.29) is 10.8 Å². The maximum absolute atomic E-state index is 6.95. The van der Waals surface area contributed by atoms with Crippen molar-refractivity contribution in [3.8, 4) is 11.5 Å². The summed E-state index contributed by atoms with van der Waals surface area (Å²) in [5.74, 6) is 1.98. The molecule has 232 valence electrons. The maximum atomic E-state index is 6.95. The molecule has 0 aliphatic heterocycles. The van der Waals surface area contributed by atoms with Crippen LogP contribution in [0.4, 0.5) is 11.4 Å². The lowest BCUT2D eigenvalue weighted by Crippen LogP contribution is -2.50. The van der Waals surface area contributed by atoms with E-state index in [4.69, 9.17) is 20.9 Å². The summed E-state index contributed by atoms with van der Waals surface area (Å²) >= 11 is 0. The fraction of sp³-hybridized carbons (Fsp3) is 0.487. The highest BCUT2D eigenvalue weighted by Gasteiger charge is 2.49. The van der Waals surface area contributed by atoms with Gasteiger partial charge in [-0.1, -0.05) is 95.8 Å². The first-order valence-electron chi connectivity index (χ1n) is 16.0. The Bertz CT molecular complexity index is 1290. The van der Waals surface area contributed by atoms with Crippen molar-refractivity contribution in [3.63, 3.8) is 0 Å². The number of unbranched alkanes of at least 4 members (excludes halogenated alkanes) is 1. The molecular formula is C39H54N2O2. The fourth-order valence-corrected chi connectivity index (χ4v) is 6.43. The first-order chi connectivity index (χ1) is 20.1. The summed E-state index contributed by atoms with van der Waals surface area (Å²) in [6, 6.07) is 15.6. The van der Waals surface area contributed by atoms with E-state index in [0.29, 0.717) is 5.92 Å². The zero-order valence-corrected chi connectivity index (χ0v) is 28.0. The molecule has 4 N–H and O–H groups in total. The largest absolute Gasteiger partial charge is 0.482 e. The molecule has 0 radical (unpaired) electrons. The van der Waals surface area contributed by atoms with E-state index in [1.807, 2.05) is 48.5 Å². The summed E-state index contributed by atoms with van der Waals surface area (Å²) in [5.41, 5.74) is 17.8. The Hall–Kier alpha value is -3.40. The molecule has 4 nitrogen and oxygen atoms in total. The Labute approximate surface area is 260 Å². The fourth-order valence-electron chi connectivity index (χ4n) is 6.43. The minimum absolute atomic E-state index is 0.143. The Kier molecular flexibility index (Phi) is 9.30. The van der Waals surface area contributed by atoms with Gasteiger partial charge in [0, 0.05) is 41.0 Å². The maximum Gasteiger partial charge on any atom is 0.136 e. The lowest BCUT2D eigenvalue weighted by Gasteiger charge is -2.48. The second-order valence-electron chi connectivity index (χ2n) is 14.8. The van der Waals surface area contributed by atoms with Crippen molar-refractivity contribution in [1.29, 1.82) is 0 Å². The van der Waals surface area contributed by atoms with Crippen LogP contribution in [-0.2, 0) is 0 Å².